The maximum absolute atomic E-state index is 11.9. The molecule has 0 fully saturated rings. The highest BCUT2D eigenvalue weighted by molar-refractivity contribution is 5.85. The average molecular weight is 434 g/mol. The highest BCUT2D eigenvalue weighted by Crippen LogP contribution is 1.96. The summed E-state index contributed by atoms with van der Waals surface area (Å²) < 4.78 is 0. The van der Waals surface area contributed by atoms with Gasteiger partial charge in [0.15, 0.2) is 0 Å². The summed E-state index contributed by atoms with van der Waals surface area (Å²) in [6, 6.07) is -2.37. The molecule has 0 aliphatic carbocycles. The second kappa shape index (κ2) is 13.1. The van der Waals surface area contributed by atoms with Gasteiger partial charge < -0.3 is 31.1 Å². The van der Waals surface area contributed by atoms with E-state index in [1.54, 1.807) is 0 Å². The molecule has 2 atom stereocenters. The molecule has 14 nitrogen and oxygen atoms in total. The first-order valence-corrected chi connectivity index (χ1v) is 8.74. The third-order valence-electron chi connectivity index (χ3n) is 3.68. The van der Waals surface area contributed by atoms with Gasteiger partial charge in [-0.05, 0) is 13.8 Å². The van der Waals surface area contributed by atoms with E-state index in [1.807, 2.05) is 0 Å². The van der Waals surface area contributed by atoms with Crippen LogP contribution in [0.2, 0.25) is 0 Å². The number of rotatable bonds is 15. The fourth-order valence-corrected chi connectivity index (χ4v) is 2.20. The van der Waals surface area contributed by atoms with Crippen LogP contribution in [0.25, 0.3) is 0 Å². The number of nitrogens with zero attached hydrogens (tertiary/aromatic N) is 2. The highest BCUT2D eigenvalue weighted by atomic mass is 16.4. The lowest BCUT2D eigenvalue weighted by atomic mass is 10.3. The lowest BCUT2D eigenvalue weighted by Gasteiger charge is -2.25. The molecular formula is C16H26N4O10. The molecule has 0 aromatic heterocycles. The van der Waals surface area contributed by atoms with Gasteiger partial charge in [-0.25, -0.2) is 0 Å². The van der Waals surface area contributed by atoms with E-state index < -0.39 is 74.0 Å². The second-order valence-corrected chi connectivity index (χ2v) is 6.46. The third-order valence-corrected chi connectivity index (χ3v) is 3.68. The summed E-state index contributed by atoms with van der Waals surface area (Å²) in [7, 11) is 0. The molecule has 0 rings (SSSR count). The van der Waals surface area contributed by atoms with Gasteiger partial charge in [0.05, 0.1) is 26.2 Å². The predicted octanol–water partition coefficient (Wildman–Crippen LogP) is -3.06. The number of nitrogens with one attached hydrogen (secondary N) is 2. The maximum atomic E-state index is 11.9. The Bertz CT molecular complexity index is 612. The van der Waals surface area contributed by atoms with Crippen molar-refractivity contribution < 1.29 is 49.2 Å². The van der Waals surface area contributed by atoms with Crippen molar-refractivity contribution in [3.8, 4) is 0 Å². The molecule has 0 unspecified atom stereocenters. The molecule has 0 saturated heterocycles. The van der Waals surface area contributed by atoms with Crippen LogP contribution in [0.1, 0.15) is 13.8 Å². The standard InChI is InChI=1S/C16H26N4O10/c1-9(15(27)28)17-11(21)5-19(7-13(23)24)3-4-20(8-14(25)26)6-12(22)18-10(2)16(29)30/h9-10H,3-8H2,1-2H3,(H,17,21)(H,18,22)(H,23,24)(H,25,26)(H,27,28)(H,29,30)/t9-,10-/m1/s1. The quantitative estimate of drug-likeness (QED) is 0.151. The van der Waals surface area contributed by atoms with Gasteiger partial charge in [-0.15, -0.1) is 0 Å². The number of carbonyl (C=O) groups is 6. The van der Waals surface area contributed by atoms with Gasteiger partial charge in [-0.3, -0.25) is 38.6 Å². The first kappa shape index (κ1) is 26.7. The Morgan fingerprint density at radius 3 is 1.17 bits per heavy atom. The van der Waals surface area contributed by atoms with Crippen molar-refractivity contribution in [2.45, 2.75) is 25.9 Å². The molecule has 0 aromatic carbocycles. The van der Waals surface area contributed by atoms with Gasteiger partial charge in [-0.1, -0.05) is 0 Å². The lowest BCUT2D eigenvalue weighted by molar-refractivity contribution is -0.143. The van der Waals surface area contributed by atoms with Crippen LogP contribution in [0.3, 0.4) is 0 Å². The van der Waals surface area contributed by atoms with E-state index in [9.17, 15) is 28.8 Å². The zero-order valence-corrected chi connectivity index (χ0v) is 16.5. The molecule has 0 radical (unpaired) electrons. The summed E-state index contributed by atoms with van der Waals surface area (Å²) in [5, 5.41) is 39.9. The van der Waals surface area contributed by atoms with E-state index in [1.165, 1.54) is 13.8 Å². The number of amides is 2. The number of carboxylic acids is 4. The molecule has 0 heterocycles. The van der Waals surface area contributed by atoms with E-state index in [0.717, 1.165) is 9.80 Å². The van der Waals surface area contributed by atoms with E-state index in [0.29, 0.717) is 0 Å². The molecule has 170 valence electrons. The molecule has 0 saturated carbocycles. The van der Waals surface area contributed by atoms with Crippen LogP contribution in [0, 0.1) is 0 Å². The highest BCUT2D eigenvalue weighted by Gasteiger charge is 2.22. The van der Waals surface area contributed by atoms with Gasteiger partial charge in [-0.2, -0.15) is 0 Å². The van der Waals surface area contributed by atoms with Crippen LogP contribution >= 0.6 is 0 Å². The van der Waals surface area contributed by atoms with Crippen molar-refractivity contribution in [1.82, 2.24) is 20.4 Å². The van der Waals surface area contributed by atoms with Crippen LogP contribution in [-0.2, 0) is 28.8 Å². The van der Waals surface area contributed by atoms with Crippen LogP contribution in [0.5, 0.6) is 0 Å². The fraction of sp³-hybridized carbons (Fsp3) is 0.625. The summed E-state index contributed by atoms with van der Waals surface area (Å²) in [4.78, 5) is 69.7. The third kappa shape index (κ3) is 12.2. The zero-order chi connectivity index (χ0) is 23.4. The first-order chi connectivity index (χ1) is 13.8. The number of hydrogen-bond donors (Lipinski definition) is 6. The Morgan fingerprint density at radius 2 is 0.933 bits per heavy atom. The molecule has 0 bridgehead atoms. The fourth-order valence-electron chi connectivity index (χ4n) is 2.20. The number of aliphatic carboxylic acids is 4. The van der Waals surface area contributed by atoms with Gasteiger partial charge in [0.2, 0.25) is 11.8 Å². The zero-order valence-electron chi connectivity index (χ0n) is 16.5. The molecule has 0 aliphatic rings. The number of carboxylic acid groups (broad SMARTS) is 4. The van der Waals surface area contributed by atoms with E-state index in [2.05, 4.69) is 10.6 Å². The summed E-state index contributed by atoms with van der Waals surface area (Å²) in [5.41, 5.74) is 0. The van der Waals surface area contributed by atoms with Gasteiger partial charge in [0.1, 0.15) is 12.1 Å². The van der Waals surface area contributed by atoms with Crippen molar-refractivity contribution in [2.24, 2.45) is 0 Å². The van der Waals surface area contributed by atoms with E-state index in [-0.39, 0.29) is 13.1 Å². The molecule has 2 amide bonds. The summed E-state index contributed by atoms with van der Waals surface area (Å²) in [6.45, 7) is 0.100. The van der Waals surface area contributed by atoms with Gasteiger partial charge in [0.25, 0.3) is 0 Å². The Hall–Kier alpha value is -3.26. The summed E-state index contributed by atoms with van der Waals surface area (Å²) >= 11 is 0. The Balaban J connectivity index is 4.98. The maximum Gasteiger partial charge on any atom is 0.325 e. The van der Waals surface area contributed by atoms with Crippen molar-refractivity contribution in [1.29, 1.82) is 0 Å². The van der Waals surface area contributed by atoms with Crippen molar-refractivity contribution in [2.75, 3.05) is 39.3 Å². The van der Waals surface area contributed by atoms with Crippen LogP contribution < -0.4 is 10.6 Å². The molecule has 0 aromatic rings. The topological polar surface area (TPSA) is 214 Å². The lowest BCUT2D eigenvalue weighted by Crippen LogP contribution is -2.49. The average Bonchev–Trinajstić information content (AvgIpc) is 2.57. The predicted molar refractivity (Wildman–Crippen MR) is 98.6 cm³/mol. The van der Waals surface area contributed by atoms with Crippen molar-refractivity contribution in [3.05, 3.63) is 0 Å². The Labute approximate surface area is 171 Å². The Kier molecular flexibility index (Phi) is 11.6. The molecule has 0 aliphatic heterocycles. The minimum absolute atomic E-state index is 0.129. The SMILES string of the molecule is C[C@@H](NC(=O)CN(CCN(CC(=O)O)CC(=O)N[C@H](C)C(=O)O)CC(=O)O)C(=O)O. The molecule has 0 spiro atoms. The minimum atomic E-state index is -1.28. The number of carbonyl (C=O) groups excluding carboxylic acids is 2. The summed E-state index contributed by atoms with van der Waals surface area (Å²) in [5.74, 6) is -6.59. The normalized spacial score (nSPS) is 12.8. The van der Waals surface area contributed by atoms with Crippen LogP contribution in [-0.4, -0.2) is 117 Å². The smallest absolute Gasteiger partial charge is 0.325 e. The van der Waals surface area contributed by atoms with E-state index in [4.69, 9.17) is 20.4 Å². The van der Waals surface area contributed by atoms with Crippen molar-refractivity contribution >= 4 is 35.7 Å². The van der Waals surface area contributed by atoms with Gasteiger partial charge >= 0.3 is 23.9 Å². The molecular weight excluding hydrogens is 408 g/mol. The largest absolute Gasteiger partial charge is 0.480 e. The first-order valence-electron chi connectivity index (χ1n) is 8.74. The van der Waals surface area contributed by atoms with Crippen molar-refractivity contribution in [3.63, 3.8) is 0 Å². The van der Waals surface area contributed by atoms with Gasteiger partial charge in [0, 0.05) is 13.1 Å². The van der Waals surface area contributed by atoms with E-state index >= 15 is 0 Å². The monoisotopic (exact) mass is 434 g/mol. The Morgan fingerprint density at radius 1 is 0.633 bits per heavy atom. The molecule has 6 N–H and O–H groups in total. The minimum Gasteiger partial charge on any atom is -0.480 e. The molecule has 14 heteroatoms. The molecule has 30 heavy (non-hydrogen) atoms. The summed E-state index contributed by atoms with van der Waals surface area (Å²) in [6.07, 6.45) is 0. The van der Waals surface area contributed by atoms with Crippen LogP contribution in [0.4, 0.5) is 0 Å². The van der Waals surface area contributed by atoms with Crippen LogP contribution in [0.15, 0.2) is 0 Å². The second-order valence-electron chi connectivity index (χ2n) is 6.46. The number of hydrogen-bond acceptors (Lipinski definition) is 8.